The van der Waals surface area contributed by atoms with Crippen molar-refractivity contribution in [2.45, 2.75) is 62.4 Å². The second-order valence-corrected chi connectivity index (χ2v) is 8.33. The molecule has 0 bridgehead atoms. The van der Waals surface area contributed by atoms with Crippen molar-refractivity contribution in [2.75, 3.05) is 0 Å². The minimum Gasteiger partial charge on any atom is -0.444 e. The van der Waals surface area contributed by atoms with Crippen LogP contribution in [0.2, 0.25) is 0 Å². The first-order valence-electron chi connectivity index (χ1n) is 6.51. The van der Waals surface area contributed by atoms with Gasteiger partial charge in [-0.2, -0.15) is 0 Å². The number of carbonyl (C=O) groups is 3. The predicted molar refractivity (Wildman–Crippen MR) is 75.3 cm³/mol. The monoisotopic (exact) mass is 300 g/mol. The van der Waals surface area contributed by atoms with Crippen LogP contribution in [0.25, 0.3) is 0 Å². The smallest absolute Gasteiger partial charge is 0.408 e. The van der Waals surface area contributed by atoms with Crippen LogP contribution in [0.15, 0.2) is 0 Å². The minimum absolute atomic E-state index is 0.194. The Bertz CT molecular complexity index is 458. The Labute approximate surface area is 122 Å². The summed E-state index contributed by atoms with van der Waals surface area (Å²) in [5, 5.41) is 2.39. The molecule has 2 aliphatic heterocycles. The summed E-state index contributed by atoms with van der Waals surface area (Å²) < 4.78 is 4.81. The molecule has 6 nitrogen and oxygen atoms in total. The summed E-state index contributed by atoms with van der Waals surface area (Å²) in [4.78, 5) is 36.5. The molecule has 2 fully saturated rings. The highest BCUT2D eigenvalue weighted by Gasteiger charge is 2.62. The number of hydrogen-bond donors (Lipinski definition) is 1. The number of hydrogen-bond acceptors (Lipinski definition) is 5. The number of nitrogens with one attached hydrogen (secondary N) is 1. The molecule has 2 saturated heterocycles. The lowest BCUT2D eigenvalue weighted by atomic mass is 9.97. The van der Waals surface area contributed by atoms with Gasteiger partial charge in [-0.05, 0) is 34.6 Å². The molecule has 2 rings (SSSR count). The largest absolute Gasteiger partial charge is 0.444 e. The van der Waals surface area contributed by atoms with E-state index in [-0.39, 0.29) is 16.0 Å². The fraction of sp³-hybridized carbons (Fsp3) is 0.769. The normalized spacial score (nSPS) is 31.4. The average Bonchev–Trinajstić information content (AvgIpc) is 2.52. The maximum Gasteiger partial charge on any atom is 0.408 e. The van der Waals surface area contributed by atoms with Crippen LogP contribution in [-0.2, 0) is 14.3 Å². The summed E-state index contributed by atoms with van der Waals surface area (Å²) in [6, 6.07) is -1.05. The van der Waals surface area contributed by atoms with Gasteiger partial charge < -0.3 is 19.7 Å². The molecule has 0 radical (unpaired) electrons. The van der Waals surface area contributed by atoms with Crippen molar-refractivity contribution in [1.82, 2.24) is 10.2 Å². The van der Waals surface area contributed by atoms with E-state index in [9.17, 15) is 14.4 Å². The summed E-state index contributed by atoms with van der Waals surface area (Å²) in [6.45, 7) is 9.13. The number of carbonyl (C=O) groups excluding carboxylic acids is 3. The SMILES string of the molecule is CC(C)(C)OC(=O)NC1C(=O)N2C1SC(C)(C)[C@@H]2C=O. The molecule has 112 valence electrons. The lowest BCUT2D eigenvalue weighted by Crippen LogP contribution is -2.70. The zero-order valence-corrected chi connectivity index (χ0v) is 13.1. The highest BCUT2D eigenvalue weighted by molar-refractivity contribution is 8.01. The summed E-state index contributed by atoms with van der Waals surface area (Å²) in [6.07, 6.45) is 0.192. The Hall–Kier alpha value is -1.24. The molecule has 2 unspecified atom stereocenters. The maximum absolute atomic E-state index is 12.1. The topological polar surface area (TPSA) is 75.7 Å². The van der Waals surface area contributed by atoms with E-state index in [0.29, 0.717) is 0 Å². The lowest BCUT2D eigenvalue weighted by Gasteiger charge is -2.43. The molecule has 0 spiro atoms. The summed E-state index contributed by atoms with van der Waals surface area (Å²) in [5.41, 5.74) is -0.607. The van der Waals surface area contributed by atoms with Crippen molar-refractivity contribution in [3.05, 3.63) is 0 Å². The number of ether oxygens (including phenoxy) is 1. The first-order chi connectivity index (χ1) is 9.07. The molecule has 20 heavy (non-hydrogen) atoms. The Morgan fingerprint density at radius 3 is 2.55 bits per heavy atom. The average molecular weight is 300 g/mol. The van der Waals surface area contributed by atoms with Gasteiger partial charge in [-0.15, -0.1) is 11.8 Å². The Balaban J connectivity index is 2.03. The summed E-state index contributed by atoms with van der Waals surface area (Å²) in [5.74, 6) is -0.226. The van der Waals surface area contributed by atoms with Gasteiger partial charge in [-0.25, -0.2) is 4.79 Å². The highest BCUT2D eigenvalue weighted by atomic mass is 32.2. The van der Waals surface area contributed by atoms with Crippen LogP contribution in [0.3, 0.4) is 0 Å². The zero-order chi connectivity index (χ0) is 15.3. The van der Waals surface area contributed by atoms with Crippen LogP contribution in [0.5, 0.6) is 0 Å². The van der Waals surface area contributed by atoms with E-state index in [1.54, 1.807) is 25.7 Å². The van der Waals surface area contributed by atoms with Crippen LogP contribution in [0, 0.1) is 0 Å². The molecule has 0 aromatic rings. The van der Waals surface area contributed by atoms with Crippen molar-refractivity contribution in [2.24, 2.45) is 0 Å². The van der Waals surface area contributed by atoms with Crippen molar-refractivity contribution in [3.8, 4) is 0 Å². The second kappa shape index (κ2) is 4.65. The number of aldehydes is 1. The molecule has 7 heteroatoms. The molecule has 3 atom stereocenters. The number of amides is 2. The maximum atomic E-state index is 12.1. The van der Waals surface area contributed by atoms with E-state index in [0.717, 1.165) is 6.29 Å². The van der Waals surface area contributed by atoms with E-state index in [1.807, 2.05) is 13.8 Å². The zero-order valence-electron chi connectivity index (χ0n) is 12.3. The number of fused-ring (bicyclic) bond motifs is 1. The van der Waals surface area contributed by atoms with Crippen LogP contribution >= 0.6 is 11.8 Å². The van der Waals surface area contributed by atoms with Crippen LogP contribution in [0.4, 0.5) is 4.79 Å². The molecule has 2 aliphatic rings. The van der Waals surface area contributed by atoms with Gasteiger partial charge in [-0.3, -0.25) is 4.79 Å². The molecule has 0 aliphatic carbocycles. The van der Waals surface area contributed by atoms with E-state index in [2.05, 4.69) is 5.32 Å². The molecule has 1 N–H and O–H groups in total. The predicted octanol–water partition coefficient (Wildman–Crippen LogP) is 1.14. The van der Waals surface area contributed by atoms with E-state index < -0.39 is 23.8 Å². The standard InChI is InChI=1S/C13H20N2O4S/c1-12(2,3)19-11(18)14-8-9(17)15-7(6-16)13(4,5)20-10(8)15/h6-8,10H,1-5H3,(H,14,18)/t7-,8?,10?/m0/s1. The first-order valence-corrected chi connectivity index (χ1v) is 7.39. The summed E-state index contributed by atoms with van der Waals surface area (Å²) in [7, 11) is 0. The third-order valence-corrected chi connectivity index (χ3v) is 4.91. The van der Waals surface area contributed by atoms with Crippen LogP contribution in [0.1, 0.15) is 34.6 Å². The second-order valence-electron chi connectivity index (χ2n) is 6.56. The first kappa shape index (κ1) is 15.2. The molecule has 2 heterocycles. The Kier molecular flexibility index (Phi) is 3.52. The molecule has 2 amide bonds. The lowest BCUT2D eigenvalue weighted by molar-refractivity contribution is -0.150. The fourth-order valence-electron chi connectivity index (χ4n) is 2.42. The molecule has 0 aromatic carbocycles. The number of rotatable bonds is 2. The van der Waals surface area contributed by atoms with E-state index in [1.165, 1.54) is 11.8 Å². The van der Waals surface area contributed by atoms with Crippen molar-refractivity contribution in [3.63, 3.8) is 0 Å². The minimum atomic E-state index is -0.612. The third kappa shape index (κ3) is 2.51. The third-order valence-electron chi connectivity index (χ3n) is 3.32. The molecular weight excluding hydrogens is 280 g/mol. The molecule has 0 aromatic heterocycles. The van der Waals surface area contributed by atoms with Gasteiger partial charge in [0.1, 0.15) is 29.3 Å². The van der Waals surface area contributed by atoms with Crippen LogP contribution < -0.4 is 5.32 Å². The highest BCUT2D eigenvalue weighted by Crippen LogP contribution is 2.49. The van der Waals surface area contributed by atoms with Crippen molar-refractivity contribution < 1.29 is 19.1 Å². The van der Waals surface area contributed by atoms with Crippen LogP contribution in [-0.4, -0.2) is 51.0 Å². The van der Waals surface area contributed by atoms with Gasteiger partial charge in [-0.1, -0.05) is 0 Å². The van der Waals surface area contributed by atoms with Crippen molar-refractivity contribution >= 4 is 30.0 Å². The number of nitrogens with zero attached hydrogens (tertiary/aromatic N) is 1. The van der Waals surface area contributed by atoms with Gasteiger partial charge in [0.15, 0.2) is 0 Å². The Morgan fingerprint density at radius 1 is 1.45 bits per heavy atom. The van der Waals surface area contributed by atoms with E-state index >= 15 is 0 Å². The molecular formula is C13H20N2O4S. The summed E-state index contributed by atoms with van der Waals surface area (Å²) >= 11 is 1.53. The fourth-order valence-corrected chi connectivity index (χ4v) is 4.02. The number of β-lactam (4-membered cyclic amide) rings is 1. The van der Waals surface area contributed by atoms with Gasteiger partial charge in [0.2, 0.25) is 5.91 Å². The Morgan fingerprint density at radius 2 is 2.05 bits per heavy atom. The van der Waals surface area contributed by atoms with Crippen molar-refractivity contribution in [1.29, 1.82) is 0 Å². The molecule has 0 saturated carbocycles. The van der Waals surface area contributed by atoms with Gasteiger partial charge in [0.05, 0.1) is 0 Å². The van der Waals surface area contributed by atoms with Gasteiger partial charge >= 0.3 is 6.09 Å². The van der Waals surface area contributed by atoms with E-state index in [4.69, 9.17) is 4.74 Å². The number of alkyl carbamates (subject to hydrolysis) is 1. The van der Waals surface area contributed by atoms with Gasteiger partial charge in [0, 0.05) is 4.75 Å². The number of thioether (sulfide) groups is 1. The van der Waals surface area contributed by atoms with Gasteiger partial charge in [0.25, 0.3) is 0 Å². The quantitative estimate of drug-likeness (QED) is 0.611.